The molecule has 7 nitrogen and oxygen atoms in total. The van der Waals surface area contributed by atoms with E-state index in [1.54, 1.807) is 4.90 Å². The highest BCUT2D eigenvalue weighted by atomic mass is 16.2. The quantitative estimate of drug-likeness (QED) is 0.750. The van der Waals surface area contributed by atoms with Crippen LogP contribution in [-0.2, 0) is 22.7 Å². The van der Waals surface area contributed by atoms with Crippen LogP contribution in [0.3, 0.4) is 0 Å². The molecule has 1 aromatic carbocycles. The second-order valence-corrected chi connectivity index (χ2v) is 8.88. The van der Waals surface area contributed by atoms with Gasteiger partial charge in [0, 0.05) is 37.2 Å². The minimum Gasteiger partial charge on any atom is -0.322 e. The molecule has 0 aromatic heterocycles. The summed E-state index contributed by atoms with van der Waals surface area (Å²) >= 11 is 0. The van der Waals surface area contributed by atoms with E-state index in [0.29, 0.717) is 13.0 Å². The standard InChI is InChI=1S/C22H28N4O3/c27-18-7-6-17(20(28)24-18)26-13-16-5-1-4-15(19(16)21(26)29)12-25-11-3-9-22(25)8-2-10-23-14-22/h1,4-5,17,23H,2-3,6-14H2,(H,24,27,28). The Bertz CT molecular complexity index is 862. The van der Waals surface area contributed by atoms with E-state index >= 15 is 0 Å². The maximum Gasteiger partial charge on any atom is 0.255 e. The molecular formula is C22H28N4O3. The lowest BCUT2D eigenvalue weighted by Gasteiger charge is -2.42. The maximum absolute atomic E-state index is 13.3. The predicted molar refractivity (Wildman–Crippen MR) is 107 cm³/mol. The van der Waals surface area contributed by atoms with Crippen LogP contribution in [0.15, 0.2) is 18.2 Å². The van der Waals surface area contributed by atoms with Gasteiger partial charge in [0.25, 0.3) is 5.91 Å². The second kappa shape index (κ2) is 7.22. The molecule has 4 aliphatic rings. The minimum absolute atomic E-state index is 0.0693. The average Bonchev–Trinajstić information content (AvgIpc) is 3.24. The molecule has 2 N–H and O–H groups in total. The molecule has 1 spiro atoms. The SMILES string of the molecule is O=C1CCC(N2Cc3cccc(CN4CCCC45CCCNC5)c3C2=O)C(=O)N1. The topological polar surface area (TPSA) is 81.8 Å². The molecular weight excluding hydrogens is 368 g/mol. The van der Waals surface area contributed by atoms with E-state index < -0.39 is 6.04 Å². The molecule has 1 aromatic rings. The number of imide groups is 1. The van der Waals surface area contributed by atoms with Gasteiger partial charge in [-0.1, -0.05) is 18.2 Å². The zero-order chi connectivity index (χ0) is 20.0. The van der Waals surface area contributed by atoms with Crippen LogP contribution in [0.1, 0.15) is 60.0 Å². The first-order chi connectivity index (χ1) is 14.1. The van der Waals surface area contributed by atoms with E-state index in [4.69, 9.17) is 0 Å². The summed E-state index contributed by atoms with van der Waals surface area (Å²) in [5, 5.41) is 5.94. The number of carbonyl (C=O) groups is 3. The van der Waals surface area contributed by atoms with Gasteiger partial charge in [0.1, 0.15) is 6.04 Å². The minimum atomic E-state index is -0.555. The third-order valence-corrected chi connectivity index (χ3v) is 7.19. The van der Waals surface area contributed by atoms with Crippen molar-refractivity contribution in [1.82, 2.24) is 20.4 Å². The van der Waals surface area contributed by atoms with Gasteiger partial charge in [-0.3, -0.25) is 24.6 Å². The van der Waals surface area contributed by atoms with Crippen molar-refractivity contribution in [3.05, 3.63) is 34.9 Å². The molecule has 0 aliphatic carbocycles. The lowest BCUT2D eigenvalue weighted by Crippen LogP contribution is -2.54. The first-order valence-electron chi connectivity index (χ1n) is 10.8. The molecule has 0 radical (unpaired) electrons. The molecule has 0 bridgehead atoms. The summed E-state index contributed by atoms with van der Waals surface area (Å²) < 4.78 is 0. The molecule has 5 rings (SSSR count). The summed E-state index contributed by atoms with van der Waals surface area (Å²) in [6, 6.07) is 5.52. The molecule has 154 valence electrons. The fourth-order valence-electron chi connectivity index (χ4n) is 5.70. The first kappa shape index (κ1) is 18.8. The molecule has 3 amide bonds. The molecule has 7 heteroatoms. The van der Waals surface area contributed by atoms with Crippen molar-refractivity contribution in [3.63, 3.8) is 0 Å². The molecule has 4 heterocycles. The number of likely N-dealkylation sites (tertiary alicyclic amines) is 1. The second-order valence-electron chi connectivity index (χ2n) is 8.88. The number of piperidine rings is 2. The molecule has 4 aliphatic heterocycles. The highest BCUT2D eigenvalue weighted by Gasteiger charge is 2.43. The average molecular weight is 396 g/mol. The fourth-order valence-corrected chi connectivity index (χ4v) is 5.70. The summed E-state index contributed by atoms with van der Waals surface area (Å²) in [4.78, 5) is 41.3. The number of nitrogens with zero attached hydrogens (tertiary/aromatic N) is 2. The maximum atomic E-state index is 13.3. The third kappa shape index (κ3) is 3.16. The van der Waals surface area contributed by atoms with Crippen molar-refractivity contribution in [3.8, 4) is 0 Å². The Labute approximate surface area is 170 Å². The van der Waals surface area contributed by atoms with Crippen molar-refractivity contribution in [2.24, 2.45) is 0 Å². The number of benzene rings is 1. The number of carbonyl (C=O) groups excluding carboxylic acids is 3. The van der Waals surface area contributed by atoms with Crippen LogP contribution < -0.4 is 10.6 Å². The van der Waals surface area contributed by atoms with Gasteiger partial charge < -0.3 is 10.2 Å². The number of nitrogens with one attached hydrogen (secondary N) is 2. The van der Waals surface area contributed by atoms with Gasteiger partial charge in [-0.25, -0.2) is 0 Å². The number of rotatable bonds is 3. The van der Waals surface area contributed by atoms with Gasteiger partial charge in [0.15, 0.2) is 0 Å². The van der Waals surface area contributed by atoms with Gasteiger partial charge in [-0.2, -0.15) is 0 Å². The number of fused-ring (bicyclic) bond motifs is 1. The van der Waals surface area contributed by atoms with Crippen molar-refractivity contribution in [2.75, 3.05) is 19.6 Å². The van der Waals surface area contributed by atoms with Crippen LogP contribution in [0.25, 0.3) is 0 Å². The van der Waals surface area contributed by atoms with Crippen molar-refractivity contribution in [1.29, 1.82) is 0 Å². The predicted octanol–water partition coefficient (Wildman–Crippen LogP) is 1.17. The van der Waals surface area contributed by atoms with E-state index in [1.165, 1.54) is 25.7 Å². The highest BCUT2D eigenvalue weighted by molar-refractivity contribution is 6.06. The van der Waals surface area contributed by atoms with Crippen molar-refractivity contribution >= 4 is 17.7 Å². The Kier molecular flexibility index (Phi) is 4.67. The van der Waals surface area contributed by atoms with E-state index in [1.807, 2.05) is 12.1 Å². The van der Waals surface area contributed by atoms with Crippen LogP contribution in [0, 0.1) is 0 Å². The van der Waals surface area contributed by atoms with Gasteiger partial charge in [0.05, 0.1) is 0 Å². The van der Waals surface area contributed by atoms with Gasteiger partial charge in [-0.15, -0.1) is 0 Å². The number of hydrogen-bond acceptors (Lipinski definition) is 5. The summed E-state index contributed by atoms with van der Waals surface area (Å²) in [5.74, 6) is -0.674. The normalized spacial score (nSPS) is 30.1. The number of hydrogen-bond donors (Lipinski definition) is 2. The van der Waals surface area contributed by atoms with Crippen LogP contribution in [-0.4, -0.2) is 58.7 Å². The largest absolute Gasteiger partial charge is 0.322 e. The number of amides is 3. The van der Waals surface area contributed by atoms with E-state index in [9.17, 15) is 14.4 Å². The summed E-state index contributed by atoms with van der Waals surface area (Å²) in [7, 11) is 0. The molecule has 3 fully saturated rings. The summed E-state index contributed by atoms with van der Waals surface area (Å²) in [6.07, 6.45) is 5.52. The van der Waals surface area contributed by atoms with E-state index in [-0.39, 0.29) is 29.7 Å². The Morgan fingerprint density at radius 3 is 2.79 bits per heavy atom. The molecule has 0 saturated carbocycles. The van der Waals surface area contributed by atoms with Crippen LogP contribution in [0.2, 0.25) is 0 Å². The Morgan fingerprint density at radius 2 is 2.00 bits per heavy atom. The lowest BCUT2D eigenvalue weighted by atomic mass is 9.87. The smallest absolute Gasteiger partial charge is 0.255 e. The molecule has 3 saturated heterocycles. The van der Waals surface area contributed by atoms with Gasteiger partial charge in [-0.05, 0) is 56.3 Å². The summed E-state index contributed by atoms with van der Waals surface area (Å²) in [6.45, 7) is 4.41. The molecule has 29 heavy (non-hydrogen) atoms. The Morgan fingerprint density at radius 1 is 1.14 bits per heavy atom. The zero-order valence-electron chi connectivity index (χ0n) is 16.7. The van der Waals surface area contributed by atoms with Crippen molar-refractivity contribution in [2.45, 2.75) is 63.2 Å². The first-order valence-corrected chi connectivity index (χ1v) is 10.8. The van der Waals surface area contributed by atoms with Crippen LogP contribution in [0.4, 0.5) is 0 Å². The molecule has 2 unspecified atom stereocenters. The molecule has 2 atom stereocenters. The fraction of sp³-hybridized carbons (Fsp3) is 0.591. The zero-order valence-corrected chi connectivity index (χ0v) is 16.7. The van der Waals surface area contributed by atoms with E-state index in [0.717, 1.165) is 42.9 Å². The van der Waals surface area contributed by atoms with Crippen LogP contribution >= 0.6 is 0 Å². The Hall–Kier alpha value is -2.25. The third-order valence-electron chi connectivity index (χ3n) is 7.19. The highest BCUT2D eigenvalue weighted by Crippen LogP contribution is 2.37. The monoisotopic (exact) mass is 396 g/mol. The van der Waals surface area contributed by atoms with Gasteiger partial charge >= 0.3 is 0 Å². The van der Waals surface area contributed by atoms with Crippen molar-refractivity contribution < 1.29 is 14.4 Å². The Balaban J connectivity index is 1.39. The summed E-state index contributed by atoms with van der Waals surface area (Å²) in [5.41, 5.74) is 3.04. The van der Waals surface area contributed by atoms with Gasteiger partial charge in [0.2, 0.25) is 11.8 Å². The van der Waals surface area contributed by atoms with Crippen LogP contribution in [0.5, 0.6) is 0 Å². The van der Waals surface area contributed by atoms with E-state index in [2.05, 4.69) is 21.6 Å². The lowest BCUT2D eigenvalue weighted by molar-refractivity contribution is -0.136.